The third-order valence-electron chi connectivity index (χ3n) is 3.09. The van der Waals surface area contributed by atoms with Crippen molar-refractivity contribution in [3.63, 3.8) is 0 Å². The second-order valence-electron chi connectivity index (χ2n) is 5.10. The van der Waals surface area contributed by atoms with Gasteiger partial charge in [0.2, 0.25) is 0 Å². The highest BCUT2D eigenvalue weighted by atomic mass is 16.8. The maximum absolute atomic E-state index is 12.1. The van der Waals surface area contributed by atoms with Gasteiger partial charge in [-0.05, 0) is 19.4 Å². The van der Waals surface area contributed by atoms with Gasteiger partial charge in [0.1, 0.15) is 6.61 Å². The number of hydroxylamine groups is 2. The molecule has 7 nitrogen and oxygen atoms in total. The smallest absolute Gasteiger partial charge is 0.435 e. The molecule has 0 saturated carbocycles. The standard InChI is InChI=1S/C15H19NO6/c1-3-20-13(17)12-9-15(2,19)22-16(12)14(18)21-10-11-7-5-4-6-8-11/h4-8,12,19H,3,9-10H2,1-2H3/t12?,15-/m0/s1. The van der Waals surface area contributed by atoms with Crippen molar-refractivity contribution in [3.8, 4) is 0 Å². The van der Waals surface area contributed by atoms with Crippen molar-refractivity contribution in [1.29, 1.82) is 0 Å². The van der Waals surface area contributed by atoms with Crippen LogP contribution in [-0.4, -0.2) is 40.7 Å². The van der Waals surface area contributed by atoms with Crippen molar-refractivity contribution in [2.45, 2.75) is 38.7 Å². The Morgan fingerprint density at radius 3 is 2.68 bits per heavy atom. The highest BCUT2D eigenvalue weighted by Crippen LogP contribution is 2.30. The van der Waals surface area contributed by atoms with E-state index >= 15 is 0 Å². The van der Waals surface area contributed by atoms with Crippen molar-refractivity contribution in [3.05, 3.63) is 35.9 Å². The summed E-state index contributed by atoms with van der Waals surface area (Å²) in [4.78, 5) is 29.0. The molecule has 0 aromatic heterocycles. The number of benzene rings is 1. The summed E-state index contributed by atoms with van der Waals surface area (Å²) in [5.74, 6) is -2.26. The predicted molar refractivity (Wildman–Crippen MR) is 75.2 cm³/mol. The number of hydrogen-bond acceptors (Lipinski definition) is 6. The van der Waals surface area contributed by atoms with E-state index in [9.17, 15) is 14.7 Å². The first-order chi connectivity index (χ1) is 10.4. The monoisotopic (exact) mass is 309 g/mol. The van der Waals surface area contributed by atoms with Crippen LogP contribution in [0.2, 0.25) is 0 Å². The van der Waals surface area contributed by atoms with Crippen LogP contribution >= 0.6 is 0 Å². The first kappa shape index (κ1) is 16.3. The van der Waals surface area contributed by atoms with Crippen LogP contribution in [-0.2, 0) is 25.7 Å². The summed E-state index contributed by atoms with van der Waals surface area (Å²) in [6.45, 7) is 3.23. The molecular formula is C15H19NO6. The first-order valence-electron chi connectivity index (χ1n) is 7.01. The first-order valence-corrected chi connectivity index (χ1v) is 7.01. The summed E-state index contributed by atoms with van der Waals surface area (Å²) in [5.41, 5.74) is 0.800. The van der Waals surface area contributed by atoms with Crippen LogP contribution in [0, 0.1) is 0 Å². The molecule has 1 heterocycles. The van der Waals surface area contributed by atoms with Crippen LogP contribution in [0.4, 0.5) is 4.79 Å². The van der Waals surface area contributed by atoms with Gasteiger partial charge in [0, 0.05) is 6.42 Å². The van der Waals surface area contributed by atoms with E-state index in [4.69, 9.17) is 14.3 Å². The fourth-order valence-corrected chi connectivity index (χ4v) is 2.12. The average molecular weight is 309 g/mol. The molecule has 120 valence electrons. The molecule has 1 aliphatic rings. The number of esters is 1. The molecule has 0 spiro atoms. The lowest BCUT2D eigenvalue weighted by Gasteiger charge is -2.21. The van der Waals surface area contributed by atoms with E-state index in [0.717, 1.165) is 10.6 Å². The minimum absolute atomic E-state index is 0.0389. The Bertz CT molecular complexity index is 530. The van der Waals surface area contributed by atoms with E-state index in [1.165, 1.54) is 6.92 Å². The van der Waals surface area contributed by atoms with E-state index in [2.05, 4.69) is 0 Å². The van der Waals surface area contributed by atoms with E-state index < -0.39 is 23.9 Å². The largest absolute Gasteiger partial charge is 0.464 e. The normalized spacial score (nSPS) is 24.1. The van der Waals surface area contributed by atoms with E-state index in [0.29, 0.717) is 0 Å². The van der Waals surface area contributed by atoms with Gasteiger partial charge in [-0.1, -0.05) is 30.3 Å². The van der Waals surface area contributed by atoms with Gasteiger partial charge in [-0.25, -0.2) is 14.4 Å². The van der Waals surface area contributed by atoms with Crippen molar-refractivity contribution in [2.24, 2.45) is 0 Å². The number of carbonyl (C=O) groups excluding carboxylic acids is 2. The lowest BCUT2D eigenvalue weighted by Crippen LogP contribution is -2.41. The lowest BCUT2D eigenvalue weighted by atomic mass is 10.1. The highest BCUT2D eigenvalue weighted by Gasteiger charge is 2.48. The number of ether oxygens (including phenoxy) is 2. The molecule has 7 heteroatoms. The fourth-order valence-electron chi connectivity index (χ4n) is 2.12. The third kappa shape index (κ3) is 3.96. The van der Waals surface area contributed by atoms with Crippen LogP contribution < -0.4 is 0 Å². The molecule has 2 rings (SSSR count). The van der Waals surface area contributed by atoms with Gasteiger partial charge in [0.15, 0.2) is 11.8 Å². The summed E-state index contributed by atoms with van der Waals surface area (Å²) in [6.07, 6.45) is -0.925. The number of nitrogens with zero attached hydrogens (tertiary/aromatic N) is 1. The van der Waals surface area contributed by atoms with Crippen LogP contribution in [0.15, 0.2) is 30.3 Å². The molecular weight excluding hydrogens is 290 g/mol. The molecule has 1 saturated heterocycles. The quantitative estimate of drug-likeness (QED) is 0.850. The number of amides is 1. The molecule has 0 aliphatic carbocycles. The molecule has 1 aliphatic heterocycles. The zero-order valence-corrected chi connectivity index (χ0v) is 12.5. The molecule has 1 aromatic rings. The zero-order valence-electron chi connectivity index (χ0n) is 12.5. The summed E-state index contributed by atoms with van der Waals surface area (Å²) < 4.78 is 9.99. The molecule has 1 aromatic carbocycles. The Kier molecular flexibility index (Phi) is 4.99. The number of carbonyl (C=O) groups is 2. The van der Waals surface area contributed by atoms with Gasteiger partial charge in [-0.15, -0.1) is 0 Å². The Morgan fingerprint density at radius 2 is 2.05 bits per heavy atom. The van der Waals surface area contributed by atoms with Crippen LogP contribution in [0.3, 0.4) is 0 Å². The Hall–Kier alpha value is -2.12. The molecule has 22 heavy (non-hydrogen) atoms. The number of rotatable bonds is 4. The van der Waals surface area contributed by atoms with Gasteiger partial charge in [-0.2, -0.15) is 5.06 Å². The zero-order chi connectivity index (χ0) is 16.2. The highest BCUT2D eigenvalue weighted by molar-refractivity contribution is 5.81. The van der Waals surface area contributed by atoms with Crippen LogP contribution in [0.5, 0.6) is 0 Å². The van der Waals surface area contributed by atoms with Gasteiger partial charge in [0.05, 0.1) is 6.61 Å². The second kappa shape index (κ2) is 6.76. The lowest BCUT2D eigenvalue weighted by molar-refractivity contribution is -0.260. The Morgan fingerprint density at radius 1 is 1.36 bits per heavy atom. The maximum Gasteiger partial charge on any atom is 0.435 e. The molecule has 2 atom stereocenters. The summed E-state index contributed by atoms with van der Waals surface area (Å²) in [7, 11) is 0. The number of aliphatic hydroxyl groups is 1. The second-order valence-corrected chi connectivity index (χ2v) is 5.10. The molecule has 1 fully saturated rings. The van der Waals surface area contributed by atoms with E-state index in [1.807, 2.05) is 18.2 Å². The molecule has 0 radical (unpaired) electrons. The minimum Gasteiger partial charge on any atom is -0.464 e. The van der Waals surface area contributed by atoms with Crippen molar-refractivity contribution >= 4 is 12.1 Å². The van der Waals surface area contributed by atoms with Gasteiger partial charge < -0.3 is 14.6 Å². The average Bonchev–Trinajstić information content (AvgIpc) is 2.82. The van der Waals surface area contributed by atoms with Crippen molar-refractivity contribution in [1.82, 2.24) is 5.06 Å². The third-order valence-corrected chi connectivity index (χ3v) is 3.09. The summed E-state index contributed by atoms with van der Waals surface area (Å²) >= 11 is 0. The van der Waals surface area contributed by atoms with Crippen LogP contribution in [0.1, 0.15) is 25.8 Å². The van der Waals surface area contributed by atoms with E-state index in [-0.39, 0.29) is 19.6 Å². The molecule has 1 unspecified atom stereocenters. The maximum atomic E-state index is 12.1. The minimum atomic E-state index is -1.62. The van der Waals surface area contributed by atoms with Crippen LogP contribution in [0.25, 0.3) is 0 Å². The summed E-state index contributed by atoms with van der Waals surface area (Å²) in [6, 6.07) is 8.07. The van der Waals surface area contributed by atoms with Gasteiger partial charge in [-0.3, -0.25) is 0 Å². The predicted octanol–water partition coefficient (Wildman–Crippen LogP) is 1.60. The summed E-state index contributed by atoms with van der Waals surface area (Å²) in [5, 5.41) is 10.6. The molecule has 0 bridgehead atoms. The van der Waals surface area contributed by atoms with Crippen molar-refractivity contribution < 1.29 is 29.0 Å². The fraction of sp³-hybridized carbons (Fsp3) is 0.467. The Balaban J connectivity index is 2.01. The van der Waals surface area contributed by atoms with Gasteiger partial charge in [0.25, 0.3) is 0 Å². The number of hydrogen-bond donors (Lipinski definition) is 1. The topological polar surface area (TPSA) is 85.3 Å². The van der Waals surface area contributed by atoms with E-state index in [1.54, 1.807) is 19.1 Å². The van der Waals surface area contributed by atoms with Gasteiger partial charge >= 0.3 is 12.1 Å². The SMILES string of the molecule is CCOC(=O)C1C[C@@](C)(O)ON1C(=O)OCc1ccccc1. The Labute approximate surface area is 128 Å². The molecule has 1 amide bonds. The van der Waals surface area contributed by atoms with Crippen molar-refractivity contribution in [2.75, 3.05) is 6.61 Å². The molecule has 1 N–H and O–H groups in total.